The lowest BCUT2D eigenvalue weighted by Crippen LogP contribution is -2.39. The van der Waals surface area contributed by atoms with Crippen molar-refractivity contribution in [1.29, 1.82) is 0 Å². The van der Waals surface area contributed by atoms with Crippen LogP contribution in [0, 0.1) is 0 Å². The monoisotopic (exact) mass is 439 g/mol. The van der Waals surface area contributed by atoms with E-state index in [1.807, 2.05) is 12.1 Å². The lowest BCUT2D eigenvalue weighted by Gasteiger charge is -2.21. The number of rotatable bonds is 7. The Morgan fingerprint density at radius 1 is 1.12 bits per heavy atom. The molecule has 2 rings (SSSR count). The Balaban J connectivity index is 2.07. The molecule has 2 aromatic carbocycles. The highest BCUT2D eigenvalue weighted by Gasteiger charge is 2.23. The summed E-state index contributed by atoms with van der Waals surface area (Å²) >= 11 is 9.25. The normalized spacial score (nSPS) is 12.8. The molecule has 2 atom stereocenters. The molecule has 5 nitrogen and oxygen atoms in total. The van der Waals surface area contributed by atoms with Gasteiger partial charge in [0.25, 0.3) is 5.91 Å². The summed E-state index contributed by atoms with van der Waals surface area (Å²) in [5.74, 6) is -0.185. The largest absolute Gasteiger partial charge is 0.481 e. The summed E-state index contributed by atoms with van der Waals surface area (Å²) in [6, 6.07) is 13.6. The number of hydrogen-bond donors (Lipinski definition) is 1. The first kappa shape index (κ1) is 20.3. The van der Waals surface area contributed by atoms with E-state index in [0.29, 0.717) is 10.8 Å². The van der Waals surface area contributed by atoms with Crippen molar-refractivity contribution in [2.45, 2.75) is 25.5 Å². The summed E-state index contributed by atoms with van der Waals surface area (Å²) in [6.07, 6.45) is -0.724. The smallest absolute Gasteiger partial charge is 0.307 e. The molecule has 0 saturated carbocycles. The van der Waals surface area contributed by atoms with Gasteiger partial charge in [-0.3, -0.25) is 9.59 Å². The number of benzene rings is 2. The minimum absolute atomic E-state index is 0.00881. The Morgan fingerprint density at radius 2 is 1.73 bits per heavy atom. The minimum Gasteiger partial charge on any atom is -0.481 e. The summed E-state index contributed by atoms with van der Waals surface area (Å²) in [4.78, 5) is 24.2. The lowest BCUT2D eigenvalue weighted by atomic mass is 10.0. The fraction of sp³-hybridized carbons (Fsp3) is 0.263. The van der Waals surface area contributed by atoms with Gasteiger partial charge in [-0.05, 0) is 48.9 Å². The molecule has 0 heterocycles. The average molecular weight is 441 g/mol. The highest BCUT2D eigenvalue weighted by molar-refractivity contribution is 9.10. The van der Waals surface area contributed by atoms with Crippen LogP contribution in [0.15, 0.2) is 53.0 Å². The second-order valence-electron chi connectivity index (χ2n) is 5.61. The molecule has 7 heteroatoms. The van der Waals surface area contributed by atoms with Crippen LogP contribution in [-0.4, -0.2) is 25.1 Å². The van der Waals surface area contributed by atoms with Gasteiger partial charge in [0, 0.05) is 9.50 Å². The predicted octanol–water partition coefficient (Wildman–Crippen LogP) is 4.29. The third-order valence-electron chi connectivity index (χ3n) is 3.68. The van der Waals surface area contributed by atoms with E-state index in [0.717, 1.165) is 10.0 Å². The molecule has 0 aromatic heterocycles. The molecule has 26 heavy (non-hydrogen) atoms. The Kier molecular flexibility index (Phi) is 7.48. The summed E-state index contributed by atoms with van der Waals surface area (Å²) in [7, 11) is 1.31. The van der Waals surface area contributed by atoms with Crippen molar-refractivity contribution in [3.8, 4) is 5.75 Å². The van der Waals surface area contributed by atoms with E-state index in [9.17, 15) is 9.59 Å². The van der Waals surface area contributed by atoms with Gasteiger partial charge < -0.3 is 14.8 Å². The average Bonchev–Trinajstić information content (AvgIpc) is 2.63. The lowest BCUT2D eigenvalue weighted by molar-refractivity contribution is -0.141. The van der Waals surface area contributed by atoms with E-state index >= 15 is 0 Å². The van der Waals surface area contributed by atoms with Crippen molar-refractivity contribution in [2.75, 3.05) is 7.11 Å². The summed E-state index contributed by atoms with van der Waals surface area (Å²) in [5.41, 5.74) is 0.754. The zero-order chi connectivity index (χ0) is 19.1. The van der Waals surface area contributed by atoms with Crippen molar-refractivity contribution in [1.82, 2.24) is 5.32 Å². The molecule has 1 amide bonds. The fourth-order valence-corrected chi connectivity index (χ4v) is 2.65. The molecule has 2 aromatic rings. The fourth-order valence-electron chi connectivity index (χ4n) is 2.26. The van der Waals surface area contributed by atoms with Crippen LogP contribution in [0.3, 0.4) is 0 Å². The number of halogens is 2. The first-order chi connectivity index (χ1) is 12.4. The predicted molar refractivity (Wildman–Crippen MR) is 103 cm³/mol. The molecule has 138 valence electrons. The van der Waals surface area contributed by atoms with E-state index in [1.54, 1.807) is 43.3 Å². The van der Waals surface area contributed by atoms with E-state index in [-0.39, 0.29) is 12.3 Å². The SMILES string of the molecule is COC(=O)CC(NC(=O)C(C)Oc1ccc(Br)cc1)c1ccc(Cl)cc1. The molecule has 1 N–H and O–H groups in total. The molecule has 2 unspecified atom stereocenters. The Labute approximate surface area is 165 Å². The van der Waals surface area contributed by atoms with Crippen LogP contribution in [0.2, 0.25) is 5.02 Å². The van der Waals surface area contributed by atoms with Gasteiger partial charge >= 0.3 is 5.97 Å². The second-order valence-corrected chi connectivity index (χ2v) is 6.96. The molecule has 0 aliphatic carbocycles. The second kappa shape index (κ2) is 9.59. The van der Waals surface area contributed by atoms with Crippen molar-refractivity contribution in [3.05, 3.63) is 63.6 Å². The first-order valence-corrected chi connectivity index (χ1v) is 9.11. The molecule has 0 fully saturated rings. The summed E-state index contributed by atoms with van der Waals surface area (Å²) in [5, 5.41) is 3.41. The number of esters is 1. The van der Waals surface area contributed by atoms with Crippen molar-refractivity contribution < 1.29 is 19.1 Å². The third kappa shape index (κ3) is 6.04. The maximum atomic E-state index is 12.5. The Hall–Kier alpha value is -2.05. The highest BCUT2D eigenvalue weighted by Crippen LogP contribution is 2.21. The standard InChI is InChI=1S/C19H19BrClNO4/c1-12(26-16-9-5-14(20)6-10-16)19(24)22-17(11-18(23)25-2)13-3-7-15(21)8-4-13/h3-10,12,17H,11H2,1-2H3,(H,22,24). The molecule has 0 aliphatic rings. The molecule has 0 bridgehead atoms. The maximum absolute atomic E-state index is 12.5. The number of methoxy groups -OCH3 is 1. The first-order valence-electron chi connectivity index (χ1n) is 7.94. The Bertz CT molecular complexity index is 749. The van der Waals surface area contributed by atoms with Crippen LogP contribution < -0.4 is 10.1 Å². The maximum Gasteiger partial charge on any atom is 0.307 e. The van der Waals surface area contributed by atoms with E-state index in [1.165, 1.54) is 7.11 Å². The molecule has 0 spiro atoms. The molecular formula is C19H19BrClNO4. The Morgan fingerprint density at radius 3 is 2.31 bits per heavy atom. The number of ether oxygens (including phenoxy) is 2. The van der Waals surface area contributed by atoms with Gasteiger partial charge in [0.1, 0.15) is 5.75 Å². The van der Waals surface area contributed by atoms with E-state index in [2.05, 4.69) is 21.2 Å². The topological polar surface area (TPSA) is 64.6 Å². The molecule has 0 radical (unpaired) electrons. The minimum atomic E-state index is -0.733. The van der Waals surface area contributed by atoms with Crippen molar-refractivity contribution in [3.63, 3.8) is 0 Å². The van der Waals surface area contributed by atoms with Crippen LogP contribution in [0.4, 0.5) is 0 Å². The van der Waals surface area contributed by atoms with Crippen molar-refractivity contribution >= 4 is 39.4 Å². The van der Waals surface area contributed by atoms with Gasteiger partial charge in [0.15, 0.2) is 6.10 Å². The number of nitrogens with one attached hydrogen (secondary N) is 1. The number of hydrogen-bond acceptors (Lipinski definition) is 4. The molecule has 0 saturated heterocycles. The van der Waals surface area contributed by atoms with Crippen LogP contribution in [0.5, 0.6) is 5.75 Å². The van der Waals surface area contributed by atoms with Gasteiger partial charge in [-0.2, -0.15) is 0 Å². The van der Waals surface area contributed by atoms with E-state index < -0.39 is 18.1 Å². The van der Waals surface area contributed by atoms with Crippen LogP contribution in [-0.2, 0) is 14.3 Å². The van der Waals surface area contributed by atoms with Gasteiger partial charge in [-0.15, -0.1) is 0 Å². The van der Waals surface area contributed by atoms with Crippen LogP contribution in [0.1, 0.15) is 24.9 Å². The van der Waals surface area contributed by atoms with Gasteiger partial charge in [0.05, 0.1) is 19.6 Å². The van der Waals surface area contributed by atoms with Gasteiger partial charge in [0.2, 0.25) is 0 Å². The summed E-state index contributed by atoms with van der Waals surface area (Å²) < 4.78 is 11.3. The molecular weight excluding hydrogens is 422 g/mol. The zero-order valence-corrected chi connectivity index (χ0v) is 16.7. The third-order valence-corrected chi connectivity index (χ3v) is 4.46. The van der Waals surface area contributed by atoms with E-state index in [4.69, 9.17) is 21.1 Å². The zero-order valence-electron chi connectivity index (χ0n) is 14.4. The van der Waals surface area contributed by atoms with Gasteiger partial charge in [-0.25, -0.2) is 0 Å². The highest BCUT2D eigenvalue weighted by atomic mass is 79.9. The summed E-state index contributed by atoms with van der Waals surface area (Å²) in [6.45, 7) is 1.65. The number of carbonyl (C=O) groups is 2. The number of carbonyl (C=O) groups excluding carboxylic acids is 2. The van der Waals surface area contributed by atoms with Crippen LogP contribution in [0.25, 0.3) is 0 Å². The van der Waals surface area contributed by atoms with Crippen LogP contribution >= 0.6 is 27.5 Å². The molecule has 0 aliphatic heterocycles. The number of amides is 1. The quantitative estimate of drug-likeness (QED) is 0.652. The van der Waals surface area contributed by atoms with Gasteiger partial charge in [-0.1, -0.05) is 39.7 Å². The van der Waals surface area contributed by atoms with Crippen molar-refractivity contribution in [2.24, 2.45) is 0 Å².